The minimum absolute atomic E-state index is 0.0243. The van der Waals surface area contributed by atoms with E-state index in [1.165, 1.54) is 0 Å². The van der Waals surface area contributed by atoms with E-state index in [0.29, 0.717) is 26.1 Å². The van der Waals surface area contributed by atoms with E-state index < -0.39 is 0 Å². The van der Waals surface area contributed by atoms with Crippen LogP contribution in [0.1, 0.15) is 13.3 Å². The first-order valence-corrected chi connectivity index (χ1v) is 5.28. The molecule has 90 valence electrons. The lowest BCUT2D eigenvalue weighted by molar-refractivity contribution is -0.121. The minimum Gasteiger partial charge on any atom is -0.396 e. The maximum Gasteiger partial charge on any atom is 0.221 e. The normalized spacial score (nSPS) is 12.5. The number of carbonyl (C=O) groups is 1. The molecule has 0 fully saturated rings. The molecule has 0 aliphatic rings. The van der Waals surface area contributed by atoms with Crippen molar-refractivity contribution in [3.63, 3.8) is 0 Å². The summed E-state index contributed by atoms with van der Waals surface area (Å²) in [5, 5.41) is 14.6. The number of methoxy groups -OCH3 is 1. The van der Waals surface area contributed by atoms with Crippen LogP contribution in [0.5, 0.6) is 0 Å². The number of amides is 1. The highest BCUT2D eigenvalue weighted by atomic mass is 16.5. The summed E-state index contributed by atoms with van der Waals surface area (Å²) in [5.74, 6) is 0.262. The van der Waals surface area contributed by atoms with E-state index in [9.17, 15) is 4.79 Å². The standard InChI is InChI=1S/C10H22N2O3/c1-9(8-13)7-11-4-3-10(14)12-5-6-15-2/h9,11,13H,3-8H2,1-2H3,(H,12,14). The third-order valence-electron chi connectivity index (χ3n) is 1.96. The first-order valence-electron chi connectivity index (χ1n) is 5.28. The van der Waals surface area contributed by atoms with Gasteiger partial charge in [-0.25, -0.2) is 0 Å². The Morgan fingerprint density at radius 3 is 2.80 bits per heavy atom. The Bertz CT molecular complexity index is 165. The Morgan fingerprint density at radius 1 is 1.47 bits per heavy atom. The van der Waals surface area contributed by atoms with Gasteiger partial charge in [-0.15, -0.1) is 0 Å². The lowest BCUT2D eigenvalue weighted by Gasteiger charge is -2.09. The van der Waals surface area contributed by atoms with E-state index in [0.717, 1.165) is 6.54 Å². The first-order chi connectivity index (χ1) is 7.20. The van der Waals surface area contributed by atoms with Crippen molar-refractivity contribution in [1.29, 1.82) is 0 Å². The van der Waals surface area contributed by atoms with Crippen LogP contribution in [-0.2, 0) is 9.53 Å². The van der Waals surface area contributed by atoms with Crippen LogP contribution in [0.15, 0.2) is 0 Å². The molecule has 5 nitrogen and oxygen atoms in total. The Kier molecular flexibility index (Phi) is 9.46. The molecule has 0 aliphatic heterocycles. The van der Waals surface area contributed by atoms with E-state index in [-0.39, 0.29) is 18.4 Å². The van der Waals surface area contributed by atoms with Crippen molar-refractivity contribution in [1.82, 2.24) is 10.6 Å². The van der Waals surface area contributed by atoms with Crippen molar-refractivity contribution in [2.24, 2.45) is 5.92 Å². The zero-order chi connectivity index (χ0) is 11.5. The second kappa shape index (κ2) is 9.89. The van der Waals surface area contributed by atoms with E-state index in [2.05, 4.69) is 10.6 Å². The molecule has 1 amide bonds. The average molecular weight is 218 g/mol. The fourth-order valence-electron chi connectivity index (χ4n) is 0.996. The van der Waals surface area contributed by atoms with Crippen molar-refractivity contribution in [3.05, 3.63) is 0 Å². The van der Waals surface area contributed by atoms with Crippen LogP contribution in [0.4, 0.5) is 0 Å². The topological polar surface area (TPSA) is 70.6 Å². The van der Waals surface area contributed by atoms with Crippen LogP contribution in [0.3, 0.4) is 0 Å². The molecule has 0 rings (SSSR count). The number of carbonyl (C=O) groups excluding carboxylic acids is 1. The number of hydrogen-bond donors (Lipinski definition) is 3. The van der Waals surface area contributed by atoms with Crippen LogP contribution in [0.25, 0.3) is 0 Å². The van der Waals surface area contributed by atoms with Crippen molar-refractivity contribution < 1.29 is 14.6 Å². The molecule has 3 N–H and O–H groups in total. The smallest absolute Gasteiger partial charge is 0.221 e. The van der Waals surface area contributed by atoms with Gasteiger partial charge in [-0.2, -0.15) is 0 Å². The van der Waals surface area contributed by atoms with Gasteiger partial charge in [0.1, 0.15) is 0 Å². The average Bonchev–Trinajstić information content (AvgIpc) is 2.24. The van der Waals surface area contributed by atoms with Crippen molar-refractivity contribution in [3.8, 4) is 0 Å². The quantitative estimate of drug-likeness (QED) is 0.450. The first kappa shape index (κ1) is 14.3. The van der Waals surface area contributed by atoms with E-state index in [4.69, 9.17) is 9.84 Å². The maximum absolute atomic E-state index is 11.2. The molecular weight excluding hydrogens is 196 g/mol. The zero-order valence-electron chi connectivity index (χ0n) is 9.58. The third kappa shape index (κ3) is 9.65. The number of hydrogen-bond acceptors (Lipinski definition) is 4. The lowest BCUT2D eigenvalue weighted by Crippen LogP contribution is -2.31. The van der Waals surface area contributed by atoms with Gasteiger partial charge < -0.3 is 20.5 Å². The molecule has 1 atom stereocenters. The van der Waals surface area contributed by atoms with Gasteiger partial charge in [0.05, 0.1) is 6.61 Å². The van der Waals surface area contributed by atoms with Crippen molar-refractivity contribution >= 4 is 5.91 Å². The fourth-order valence-corrected chi connectivity index (χ4v) is 0.996. The molecular formula is C10H22N2O3. The summed E-state index contributed by atoms with van der Waals surface area (Å²) in [6.07, 6.45) is 0.460. The summed E-state index contributed by atoms with van der Waals surface area (Å²) in [6.45, 7) is 4.60. The van der Waals surface area contributed by atoms with Gasteiger partial charge >= 0.3 is 0 Å². The van der Waals surface area contributed by atoms with Gasteiger partial charge in [-0.05, 0) is 12.5 Å². The Balaban J connectivity index is 3.23. The predicted octanol–water partition coefficient (Wildman–Crippen LogP) is -0.643. The largest absolute Gasteiger partial charge is 0.396 e. The summed E-state index contributed by atoms with van der Waals surface area (Å²) in [7, 11) is 1.60. The molecule has 0 saturated heterocycles. The molecule has 0 aliphatic carbocycles. The number of aliphatic hydroxyl groups is 1. The summed E-state index contributed by atoms with van der Waals surface area (Å²) < 4.78 is 4.81. The van der Waals surface area contributed by atoms with Crippen molar-refractivity contribution in [2.75, 3.05) is 40.0 Å². The Hall–Kier alpha value is -0.650. The van der Waals surface area contributed by atoms with Gasteiger partial charge in [0.25, 0.3) is 0 Å². The van der Waals surface area contributed by atoms with Gasteiger partial charge in [0, 0.05) is 33.2 Å². The van der Waals surface area contributed by atoms with Crippen LogP contribution >= 0.6 is 0 Å². The van der Waals surface area contributed by atoms with Gasteiger partial charge in [0.15, 0.2) is 0 Å². The highest BCUT2D eigenvalue weighted by molar-refractivity contribution is 5.75. The van der Waals surface area contributed by atoms with E-state index in [1.54, 1.807) is 7.11 Å². The second-order valence-corrected chi connectivity index (χ2v) is 3.58. The summed E-state index contributed by atoms with van der Waals surface area (Å²) in [6, 6.07) is 0. The monoisotopic (exact) mass is 218 g/mol. The molecule has 0 radical (unpaired) electrons. The summed E-state index contributed by atoms with van der Waals surface area (Å²) in [4.78, 5) is 11.2. The molecule has 5 heteroatoms. The van der Waals surface area contributed by atoms with Crippen LogP contribution in [0, 0.1) is 5.92 Å². The molecule has 0 aromatic rings. The molecule has 0 bridgehead atoms. The molecule has 15 heavy (non-hydrogen) atoms. The van der Waals surface area contributed by atoms with Crippen LogP contribution < -0.4 is 10.6 Å². The predicted molar refractivity (Wildman–Crippen MR) is 58.6 cm³/mol. The molecule has 0 heterocycles. The zero-order valence-corrected chi connectivity index (χ0v) is 9.58. The molecule has 0 aromatic heterocycles. The summed E-state index contributed by atoms with van der Waals surface area (Å²) >= 11 is 0. The van der Waals surface area contributed by atoms with Gasteiger partial charge in [-0.1, -0.05) is 6.92 Å². The van der Waals surface area contributed by atoms with Crippen molar-refractivity contribution in [2.45, 2.75) is 13.3 Å². The number of rotatable bonds is 9. The number of ether oxygens (including phenoxy) is 1. The lowest BCUT2D eigenvalue weighted by atomic mass is 10.2. The minimum atomic E-state index is 0.0243. The number of aliphatic hydroxyl groups excluding tert-OH is 1. The molecule has 1 unspecified atom stereocenters. The van der Waals surface area contributed by atoms with E-state index in [1.807, 2.05) is 6.92 Å². The second-order valence-electron chi connectivity index (χ2n) is 3.58. The van der Waals surface area contributed by atoms with E-state index >= 15 is 0 Å². The highest BCUT2D eigenvalue weighted by Gasteiger charge is 2.01. The third-order valence-corrected chi connectivity index (χ3v) is 1.96. The number of nitrogens with one attached hydrogen (secondary N) is 2. The molecule has 0 saturated carbocycles. The van der Waals surface area contributed by atoms with Crippen LogP contribution in [-0.4, -0.2) is 51.0 Å². The van der Waals surface area contributed by atoms with Crippen LogP contribution in [0.2, 0.25) is 0 Å². The Morgan fingerprint density at radius 2 is 2.20 bits per heavy atom. The molecule has 0 aromatic carbocycles. The van der Waals surface area contributed by atoms with Gasteiger partial charge in [0.2, 0.25) is 5.91 Å². The molecule has 0 spiro atoms. The SMILES string of the molecule is COCCNC(=O)CCNCC(C)CO. The highest BCUT2D eigenvalue weighted by Crippen LogP contribution is 1.88. The Labute approximate surface area is 91.2 Å². The summed E-state index contributed by atoms with van der Waals surface area (Å²) in [5.41, 5.74) is 0. The fraction of sp³-hybridized carbons (Fsp3) is 0.900. The maximum atomic E-state index is 11.2. The van der Waals surface area contributed by atoms with Gasteiger partial charge in [-0.3, -0.25) is 4.79 Å².